The maximum atomic E-state index is 11.8. The average molecular weight is 237 g/mol. The first kappa shape index (κ1) is 11.6. The number of hydrogen-bond acceptors (Lipinski definition) is 4. The van der Waals surface area contributed by atoms with Crippen LogP contribution < -0.4 is 0 Å². The summed E-state index contributed by atoms with van der Waals surface area (Å²) in [7, 11) is 1.32. The van der Waals surface area contributed by atoms with Crippen LogP contribution in [0.25, 0.3) is 0 Å². The first-order chi connectivity index (χ1) is 8.20. The molecule has 0 aliphatic carbocycles. The van der Waals surface area contributed by atoms with Gasteiger partial charge in [-0.25, -0.2) is 4.98 Å². The second-order valence-corrected chi connectivity index (χ2v) is 3.97. The van der Waals surface area contributed by atoms with Gasteiger partial charge in [0.05, 0.1) is 37.8 Å². The number of amides is 1. The largest absolute Gasteiger partial charge is 0.469 e. The number of carbonyl (C=O) groups is 2. The van der Waals surface area contributed by atoms with Crippen LogP contribution in [-0.4, -0.2) is 40.4 Å². The molecule has 0 aromatic carbocycles. The van der Waals surface area contributed by atoms with E-state index in [2.05, 4.69) is 14.7 Å². The molecule has 1 aromatic rings. The van der Waals surface area contributed by atoms with E-state index in [1.54, 1.807) is 11.2 Å². The lowest BCUT2D eigenvalue weighted by Gasteiger charge is -2.26. The minimum absolute atomic E-state index is 0.0179. The van der Waals surface area contributed by atoms with Crippen molar-refractivity contribution in [2.45, 2.75) is 25.8 Å². The lowest BCUT2D eigenvalue weighted by molar-refractivity contribution is -0.143. The van der Waals surface area contributed by atoms with Crippen molar-refractivity contribution in [3.05, 3.63) is 17.7 Å². The number of ether oxygens (including phenoxy) is 1. The molecule has 1 aliphatic rings. The summed E-state index contributed by atoms with van der Waals surface area (Å²) in [6.45, 7) is 1.22. The Labute approximate surface area is 99.0 Å². The zero-order chi connectivity index (χ0) is 12.3. The molecule has 2 rings (SSSR count). The highest BCUT2D eigenvalue weighted by Crippen LogP contribution is 2.15. The second-order valence-electron chi connectivity index (χ2n) is 3.97. The Balaban J connectivity index is 1.88. The molecule has 0 atom stereocenters. The SMILES string of the molecule is COC(=O)CCC(=O)N1CCc2nc[nH]c2C1. The van der Waals surface area contributed by atoms with Gasteiger partial charge in [0.25, 0.3) is 0 Å². The van der Waals surface area contributed by atoms with Gasteiger partial charge in [0.2, 0.25) is 5.91 Å². The Morgan fingerprint density at radius 3 is 3.12 bits per heavy atom. The van der Waals surface area contributed by atoms with Gasteiger partial charge in [-0.3, -0.25) is 9.59 Å². The highest BCUT2D eigenvalue weighted by Gasteiger charge is 2.22. The van der Waals surface area contributed by atoms with Gasteiger partial charge in [0.1, 0.15) is 0 Å². The summed E-state index contributed by atoms with van der Waals surface area (Å²) < 4.78 is 4.51. The predicted molar refractivity (Wildman–Crippen MR) is 59.0 cm³/mol. The molecule has 1 N–H and O–H groups in total. The van der Waals surface area contributed by atoms with Gasteiger partial charge in [-0.2, -0.15) is 0 Å². The number of fused-ring (bicyclic) bond motifs is 1. The number of H-pyrrole nitrogens is 1. The number of aromatic amines is 1. The van der Waals surface area contributed by atoms with Crippen LogP contribution in [0.5, 0.6) is 0 Å². The molecule has 0 spiro atoms. The number of imidazole rings is 1. The molecular formula is C11H15N3O3. The number of esters is 1. The van der Waals surface area contributed by atoms with Gasteiger partial charge in [-0.1, -0.05) is 0 Å². The number of nitrogens with zero attached hydrogens (tertiary/aromatic N) is 2. The van der Waals surface area contributed by atoms with E-state index in [9.17, 15) is 9.59 Å². The van der Waals surface area contributed by atoms with Gasteiger partial charge in [-0.15, -0.1) is 0 Å². The maximum absolute atomic E-state index is 11.8. The summed E-state index contributed by atoms with van der Waals surface area (Å²) in [5, 5.41) is 0. The van der Waals surface area contributed by atoms with E-state index < -0.39 is 0 Å². The van der Waals surface area contributed by atoms with E-state index >= 15 is 0 Å². The Morgan fingerprint density at radius 1 is 1.53 bits per heavy atom. The first-order valence-corrected chi connectivity index (χ1v) is 5.56. The molecule has 0 radical (unpaired) electrons. The third-order valence-corrected chi connectivity index (χ3v) is 2.90. The zero-order valence-corrected chi connectivity index (χ0v) is 9.73. The molecule has 6 nitrogen and oxygen atoms in total. The lowest BCUT2D eigenvalue weighted by atomic mass is 10.1. The second kappa shape index (κ2) is 4.99. The van der Waals surface area contributed by atoms with Crippen molar-refractivity contribution in [3.63, 3.8) is 0 Å². The Morgan fingerprint density at radius 2 is 2.35 bits per heavy atom. The fraction of sp³-hybridized carbons (Fsp3) is 0.545. The van der Waals surface area contributed by atoms with E-state index in [1.165, 1.54) is 7.11 Å². The quantitative estimate of drug-likeness (QED) is 0.764. The van der Waals surface area contributed by atoms with Gasteiger partial charge in [-0.05, 0) is 0 Å². The van der Waals surface area contributed by atoms with Crippen LogP contribution in [0.1, 0.15) is 24.2 Å². The van der Waals surface area contributed by atoms with Crippen molar-refractivity contribution in [1.82, 2.24) is 14.9 Å². The molecule has 17 heavy (non-hydrogen) atoms. The third kappa shape index (κ3) is 2.64. The minimum Gasteiger partial charge on any atom is -0.469 e. The van der Waals surface area contributed by atoms with Crippen LogP contribution in [0.15, 0.2) is 6.33 Å². The molecule has 0 fully saturated rings. The van der Waals surface area contributed by atoms with E-state index in [0.717, 1.165) is 17.8 Å². The van der Waals surface area contributed by atoms with Gasteiger partial charge in [0, 0.05) is 19.4 Å². The summed E-state index contributed by atoms with van der Waals surface area (Å²) in [4.78, 5) is 31.7. The Bertz CT molecular complexity index is 427. The Hall–Kier alpha value is -1.85. The van der Waals surface area contributed by atoms with Crippen LogP contribution >= 0.6 is 0 Å². The molecule has 2 heterocycles. The fourth-order valence-electron chi connectivity index (χ4n) is 1.89. The van der Waals surface area contributed by atoms with E-state index in [-0.39, 0.29) is 24.7 Å². The normalized spacial score (nSPS) is 14.3. The van der Waals surface area contributed by atoms with Crippen LogP contribution in [0.4, 0.5) is 0 Å². The van der Waals surface area contributed by atoms with Crippen LogP contribution in [0.3, 0.4) is 0 Å². The summed E-state index contributed by atoms with van der Waals surface area (Å²) in [6.07, 6.45) is 2.76. The van der Waals surface area contributed by atoms with Gasteiger partial charge in [0.15, 0.2) is 0 Å². The van der Waals surface area contributed by atoms with Crippen molar-refractivity contribution >= 4 is 11.9 Å². The number of methoxy groups -OCH3 is 1. The molecule has 0 unspecified atom stereocenters. The lowest BCUT2D eigenvalue weighted by Crippen LogP contribution is -2.36. The summed E-state index contributed by atoms with van der Waals surface area (Å²) in [5.41, 5.74) is 2.02. The molecule has 0 saturated heterocycles. The van der Waals surface area contributed by atoms with Crippen molar-refractivity contribution < 1.29 is 14.3 Å². The smallest absolute Gasteiger partial charge is 0.306 e. The monoisotopic (exact) mass is 237 g/mol. The van der Waals surface area contributed by atoms with Crippen LogP contribution in [-0.2, 0) is 27.3 Å². The number of rotatable bonds is 3. The standard InChI is InChI=1S/C11H15N3O3/c1-17-11(16)3-2-10(15)14-5-4-8-9(6-14)13-7-12-8/h7H,2-6H2,1H3,(H,12,13). The van der Waals surface area contributed by atoms with Gasteiger partial charge < -0.3 is 14.6 Å². The highest BCUT2D eigenvalue weighted by atomic mass is 16.5. The third-order valence-electron chi connectivity index (χ3n) is 2.90. The number of carbonyl (C=O) groups excluding carboxylic acids is 2. The number of aromatic nitrogens is 2. The maximum Gasteiger partial charge on any atom is 0.306 e. The van der Waals surface area contributed by atoms with Crippen molar-refractivity contribution in [1.29, 1.82) is 0 Å². The van der Waals surface area contributed by atoms with E-state index in [0.29, 0.717) is 13.1 Å². The highest BCUT2D eigenvalue weighted by molar-refractivity contribution is 5.81. The van der Waals surface area contributed by atoms with E-state index in [1.807, 2.05) is 0 Å². The summed E-state index contributed by atoms with van der Waals surface area (Å²) >= 11 is 0. The van der Waals surface area contributed by atoms with Crippen molar-refractivity contribution in [3.8, 4) is 0 Å². The molecule has 6 heteroatoms. The molecule has 1 aromatic heterocycles. The van der Waals surface area contributed by atoms with Crippen molar-refractivity contribution in [2.75, 3.05) is 13.7 Å². The molecule has 0 bridgehead atoms. The minimum atomic E-state index is -0.349. The van der Waals surface area contributed by atoms with E-state index in [4.69, 9.17) is 0 Å². The van der Waals surface area contributed by atoms with Gasteiger partial charge >= 0.3 is 5.97 Å². The molecule has 1 amide bonds. The molecule has 1 aliphatic heterocycles. The van der Waals surface area contributed by atoms with Crippen molar-refractivity contribution in [2.24, 2.45) is 0 Å². The fourth-order valence-corrected chi connectivity index (χ4v) is 1.89. The number of hydrogen-bond donors (Lipinski definition) is 1. The number of nitrogens with one attached hydrogen (secondary N) is 1. The summed E-state index contributed by atoms with van der Waals surface area (Å²) in [6, 6.07) is 0. The average Bonchev–Trinajstić information content (AvgIpc) is 2.82. The molecule has 0 saturated carbocycles. The van der Waals surface area contributed by atoms with Crippen LogP contribution in [0.2, 0.25) is 0 Å². The molecular weight excluding hydrogens is 222 g/mol. The first-order valence-electron chi connectivity index (χ1n) is 5.56. The van der Waals surface area contributed by atoms with Crippen LogP contribution in [0, 0.1) is 0 Å². The summed E-state index contributed by atoms with van der Waals surface area (Å²) in [5.74, 6) is -0.367. The zero-order valence-electron chi connectivity index (χ0n) is 9.73. The molecule has 92 valence electrons. The predicted octanol–water partition coefficient (Wildman–Crippen LogP) is 0.248. The Kier molecular flexibility index (Phi) is 3.41. The topological polar surface area (TPSA) is 75.3 Å².